The molecule has 2 aromatic heterocycles. The van der Waals surface area contributed by atoms with Crippen LogP contribution in [0.5, 0.6) is 0 Å². The Morgan fingerprint density at radius 3 is 2.76 bits per heavy atom. The van der Waals surface area contributed by atoms with Gasteiger partial charge in [0, 0.05) is 12.4 Å². The molecule has 0 saturated heterocycles. The van der Waals surface area contributed by atoms with Gasteiger partial charge in [-0.15, -0.1) is 0 Å². The van der Waals surface area contributed by atoms with E-state index in [-0.39, 0.29) is 11.5 Å². The van der Waals surface area contributed by atoms with Crippen LogP contribution in [0.4, 0.5) is 0 Å². The van der Waals surface area contributed by atoms with E-state index in [4.69, 9.17) is 5.11 Å². The minimum absolute atomic E-state index is 0.0396. The number of H-pyrrole nitrogens is 1. The number of carbonyl (C=O) groups is 1. The summed E-state index contributed by atoms with van der Waals surface area (Å²) >= 11 is 0. The lowest BCUT2D eigenvalue weighted by molar-refractivity contribution is 0.0694. The van der Waals surface area contributed by atoms with E-state index in [1.807, 2.05) is 26.0 Å². The van der Waals surface area contributed by atoms with Crippen LogP contribution in [-0.2, 0) is 0 Å². The van der Waals surface area contributed by atoms with E-state index in [9.17, 15) is 4.79 Å². The predicted molar refractivity (Wildman–Crippen MR) is 62.9 cm³/mol. The quantitative estimate of drug-likeness (QED) is 0.849. The van der Waals surface area contributed by atoms with Gasteiger partial charge < -0.3 is 10.1 Å². The van der Waals surface area contributed by atoms with Crippen LogP contribution >= 0.6 is 0 Å². The van der Waals surface area contributed by atoms with Gasteiger partial charge in [-0.25, -0.2) is 14.8 Å². The number of nitrogens with one attached hydrogen (secondary N) is 1. The molecule has 0 bridgehead atoms. The summed E-state index contributed by atoms with van der Waals surface area (Å²) in [5.41, 5.74) is 1.50. The second-order valence-corrected chi connectivity index (χ2v) is 4.04. The van der Waals surface area contributed by atoms with Crippen LogP contribution in [0.2, 0.25) is 0 Å². The van der Waals surface area contributed by atoms with Crippen LogP contribution in [0, 0.1) is 0 Å². The normalized spacial score (nSPS) is 10.8. The van der Waals surface area contributed by atoms with Crippen molar-refractivity contribution in [1.82, 2.24) is 15.0 Å². The molecule has 0 fully saturated rings. The van der Waals surface area contributed by atoms with Crippen molar-refractivity contribution in [3.63, 3.8) is 0 Å². The Morgan fingerprint density at radius 1 is 1.47 bits per heavy atom. The van der Waals surface area contributed by atoms with Crippen molar-refractivity contribution in [3.8, 4) is 11.5 Å². The third kappa shape index (κ3) is 2.18. The first-order chi connectivity index (χ1) is 8.09. The number of carboxylic acid groups (broad SMARTS) is 1. The van der Waals surface area contributed by atoms with Crippen LogP contribution in [0.25, 0.3) is 11.5 Å². The van der Waals surface area contributed by atoms with Gasteiger partial charge in [-0.2, -0.15) is 0 Å². The number of carboxylic acids is 1. The first-order valence-electron chi connectivity index (χ1n) is 5.33. The van der Waals surface area contributed by atoms with E-state index >= 15 is 0 Å². The van der Waals surface area contributed by atoms with Crippen LogP contribution in [0.3, 0.4) is 0 Å². The summed E-state index contributed by atoms with van der Waals surface area (Å²) in [4.78, 5) is 22.4. The SMILES string of the molecule is CC(C)c1nc(-c2ccc[nH]2)ncc1C(=O)O. The monoisotopic (exact) mass is 231 g/mol. The van der Waals surface area contributed by atoms with Crippen molar-refractivity contribution >= 4 is 5.97 Å². The number of hydrogen-bond acceptors (Lipinski definition) is 3. The van der Waals surface area contributed by atoms with E-state index in [1.165, 1.54) is 6.20 Å². The van der Waals surface area contributed by atoms with Crippen molar-refractivity contribution < 1.29 is 9.90 Å². The predicted octanol–water partition coefficient (Wildman–Crippen LogP) is 2.29. The van der Waals surface area contributed by atoms with Crippen molar-refractivity contribution in [2.24, 2.45) is 0 Å². The van der Waals surface area contributed by atoms with Gasteiger partial charge in [0.25, 0.3) is 0 Å². The number of aromatic carboxylic acids is 1. The molecule has 5 nitrogen and oxygen atoms in total. The Kier molecular flexibility index (Phi) is 2.91. The lowest BCUT2D eigenvalue weighted by Gasteiger charge is -2.09. The van der Waals surface area contributed by atoms with Gasteiger partial charge in [0.05, 0.1) is 17.0 Å². The average Bonchev–Trinajstić information content (AvgIpc) is 2.81. The van der Waals surface area contributed by atoms with Gasteiger partial charge in [0.1, 0.15) is 0 Å². The van der Waals surface area contributed by atoms with Crippen molar-refractivity contribution in [2.45, 2.75) is 19.8 Å². The fourth-order valence-electron chi connectivity index (χ4n) is 1.60. The molecule has 0 aliphatic heterocycles. The molecule has 88 valence electrons. The molecule has 0 aromatic carbocycles. The van der Waals surface area contributed by atoms with Crippen LogP contribution in [-0.4, -0.2) is 26.0 Å². The van der Waals surface area contributed by atoms with Gasteiger partial charge >= 0.3 is 5.97 Å². The molecule has 2 rings (SSSR count). The Balaban J connectivity index is 2.53. The summed E-state index contributed by atoms with van der Waals surface area (Å²) in [6.45, 7) is 3.82. The van der Waals surface area contributed by atoms with E-state index in [0.29, 0.717) is 11.5 Å². The zero-order valence-electron chi connectivity index (χ0n) is 9.64. The summed E-state index contributed by atoms with van der Waals surface area (Å²) in [5.74, 6) is -0.437. The fraction of sp³-hybridized carbons (Fsp3) is 0.250. The van der Waals surface area contributed by atoms with Crippen LogP contribution in [0.1, 0.15) is 35.8 Å². The Morgan fingerprint density at radius 2 is 2.24 bits per heavy atom. The number of aromatic nitrogens is 3. The number of nitrogens with zero attached hydrogens (tertiary/aromatic N) is 2. The maximum absolute atomic E-state index is 11.0. The van der Waals surface area contributed by atoms with Crippen LogP contribution < -0.4 is 0 Å². The molecule has 0 radical (unpaired) electrons. The molecule has 0 saturated carbocycles. The second-order valence-electron chi connectivity index (χ2n) is 4.04. The maximum Gasteiger partial charge on any atom is 0.339 e. The minimum atomic E-state index is -0.994. The Bertz CT molecular complexity index is 533. The van der Waals surface area contributed by atoms with Crippen LogP contribution in [0.15, 0.2) is 24.5 Å². The minimum Gasteiger partial charge on any atom is -0.478 e. The Hall–Kier alpha value is -2.17. The van der Waals surface area contributed by atoms with E-state index in [2.05, 4.69) is 15.0 Å². The molecule has 0 atom stereocenters. The summed E-state index contributed by atoms with van der Waals surface area (Å²) in [5, 5.41) is 9.05. The summed E-state index contributed by atoms with van der Waals surface area (Å²) in [6, 6.07) is 3.69. The highest BCUT2D eigenvalue weighted by Gasteiger charge is 2.16. The smallest absolute Gasteiger partial charge is 0.339 e. The summed E-state index contributed by atoms with van der Waals surface area (Å²) in [6.07, 6.45) is 3.14. The second kappa shape index (κ2) is 4.37. The van der Waals surface area contributed by atoms with E-state index in [0.717, 1.165) is 5.69 Å². The summed E-state index contributed by atoms with van der Waals surface area (Å²) in [7, 11) is 0. The average molecular weight is 231 g/mol. The topological polar surface area (TPSA) is 78.9 Å². The number of rotatable bonds is 3. The highest BCUT2D eigenvalue weighted by molar-refractivity contribution is 5.88. The van der Waals surface area contributed by atoms with Gasteiger partial charge in [-0.1, -0.05) is 13.8 Å². The molecule has 2 heterocycles. The summed E-state index contributed by atoms with van der Waals surface area (Å²) < 4.78 is 0. The molecule has 0 aliphatic carbocycles. The Labute approximate surface area is 98.6 Å². The van der Waals surface area contributed by atoms with Gasteiger partial charge in [-0.05, 0) is 18.1 Å². The molecule has 5 heteroatoms. The molecule has 2 N–H and O–H groups in total. The molecule has 0 spiro atoms. The zero-order chi connectivity index (χ0) is 12.4. The number of aromatic amines is 1. The highest BCUT2D eigenvalue weighted by Crippen LogP contribution is 2.20. The zero-order valence-corrected chi connectivity index (χ0v) is 9.64. The van der Waals surface area contributed by atoms with Gasteiger partial charge in [-0.3, -0.25) is 0 Å². The van der Waals surface area contributed by atoms with Crippen molar-refractivity contribution in [2.75, 3.05) is 0 Å². The lowest BCUT2D eigenvalue weighted by Crippen LogP contribution is -2.08. The maximum atomic E-state index is 11.0. The van der Waals surface area contributed by atoms with Crippen molar-refractivity contribution in [3.05, 3.63) is 35.8 Å². The first-order valence-corrected chi connectivity index (χ1v) is 5.33. The largest absolute Gasteiger partial charge is 0.478 e. The molecular weight excluding hydrogens is 218 g/mol. The molecule has 0 amide bonds. The standard InChI is InChI=1S/C12H13N3O2/c1-7(2)10-8(12(16)17)6-14-11(15-10)9-4-3-5-13-9/h3-7,13H,1-2H3,(H,16,17). The molecule has 0 unspecified atom stereocenters. The molecule has 17 heavy (non-hydrogen) atoms. The number of hydrogen-bond donors (Lipinski definition) is 2. The molecular formula is C12H13N3O2. The third-order valence-electron chi connectivity index (χ3n) is 2.43. The fourth-order valence-corrected chi connectivity index (χ4v) is 1.60. The highest BCUT2D eigenvalue weighted by atomic mass is 16.4. The van der Waals surface area contributed by atoms with E-state index < -0.39 is 5.97 Å². The lowest BCUT2D eigenvalue weighted by atomic mass is 10.1. The molecule has 0 aliphatic rings. The van der Waals surface area contributed by atoms with E-state index in [1.54, 1.807) is 6.20 Å². The van der Waals surface area contributed by atoms with Gasteiger partial charge in [0.15, 0.2) is 5.82 Å². The van der Waals surface area contributed by atoms with Crippen molar-refractivity contribution in [1.29, 1.82) is 0 Å². The molecule has 2 aromatic rings. The first kappa shape index (κ1) is 11.3. The van der Waals surface area contributed by atoms with Gasteiger partial charge in [0.2, 0.25) is 0 Å². The third-order valence-corrected chi connectivity index (χ3v) is 2.43.